The number of ether oxygens (including phenoxy) is 1. The molecule has 0 saturated carbocycles. The van der Waals surface area contributed by atoms with Gasteiger partial charge in [-0.3, -0.25) is 0 Å². The van der Waals surface area contributed by atoms with Gasteiger partial charge in [-0.05, 0) is 0 Å². The van der Waals surface area contributed by atoms with E-state index in [-0.39, 0.29) is 6.61 Å². The summed E-state index contributed by atoms with van der Waals surface area (Å²) in [6.45, 7) is 3.86. The Hall–Kier alpha value is -0.160. The summed E-state index contributed by atoms with van der Waals surface area (Å²) in [5.74, 6) is 0. The van der Waals surface area contributed by atoms with Crippen molar-refractivity contribution in [2.24, 2.45) is 0 Å². The fourth-order valence-electron chi connectivity index (χ4n) is 0.847. The molecule has 0 aromatic heterocycles. The lowest BCUT2D eigenvalue weighted by atomic mass is 10.2. The second-order valence-corrected chi connectivity index (χ2v) is 2.13. The normalized spacial score (nSPS) is 36.3. The van der Waals surface area contributed by atoms with Crippen LogP contribution in [0.2, 0.25) is 0 Å². The van der Waals surface area contributed by atoms with Crippen LogP contribution in [0.1, 0.15) is 20.3 Å². The molecule has 4 nitrogen and oxygen atoms in total. The zero-order valence-electron chi connectivity index (χ0n) is 6.90. The van der Waals surface area contributed by atoms with E-state index in [1.54, 1.807) is 0 Å². The molecule has 1 rings (SSSR count). The number of hydrogen-bond donors (Lipinski definition) is 3. The van der Waals surface area contributed by atoms with Crippen molar-refractivity contribution in [2.75, 3.05) is 6.61 Å². The van der Waals surface area contributed by atoms with E-state index in [1.165, 1.54) is 0 Å². The Morgan fingerprint density at radius 2 is 1.91 bits per heavy atom. The Morgan fingerprint density at radius 1 is 1.36 bits per heavy atom. The molecule has 1 saturated heterocycles. The molecule has 0 amide bonds. The van der Waals surface area contributed by atoms with Crippen molar-refractivity contribution < 1.29 is 20.1 Å². The van der Waals surface area contributed by atoms with E-state index in [0.717, 1.165) is 0 Å². The first kappa shape index (κ1) is 10.8. The average molecular weight is 164 g/mol. The third-order valence-electron chi connectivity index (χ3n) is 1.37. The Bertz CT molecular complexity index is 86.4. The van der Waals surface area contributed by atoms with Gasteiger partial charge >= 0.3 is 0 Å². The van der Waals surface area contributed by atoms with Crippen molar-refractivity contribution in [3.05, 3.63) is 0 Å². The van der Waals surface area contributed by atoms with Gasteiger partial charge in [-0.15, -0.1) is 0 Å². The maximum atomic E-state index is 8.81. The maximum Gasteiger partial charge on any atom is 0.181 e. The molecular weight excluding hydrogens is 148 g/mol. The topological polar surface area (TPSA) is 69.9 Å². The summed E-state index contributed by atoms with van der Waals surface area (Å²) in [4.78, 5) is 0. The van der Waals surface area contributed by atoms with Crippen LogP contribution in [-0.2, 0) is 4.74 Å². The van der Waals surface area contributed by atoms with Crippen molar-refractivity contribution in [1.29, 1.82) is 0 Å². The van der Waals surface area contributed by atoms with E-state index in [0.29, 0.717) is 6.42 Å². The third-order valence-corrected chi connectivity index (χ3v) is 1.37. The minimum absolute atomic E-state index is 0.145. The fourth-order valence-corrected chi connectivity index (χ4v) is 0.847. The van der Waals surface area contributed by atoms with Gasteiger partial charge in [-0.25, -0.2) is 0 Å². The molecule has 0 spiro atoms. The van der Waals surface area contributed by atoms with Gasteiger partial charge in [0.15, 0.2) is 6.29 Å². The highest BCUT2D eigenvalue weighted by Gasteiger charge is 2.31. The SMILES string of the molecule is CC.OCC1CC(O)C(O)O1. The summed E-state index contributed by atoms with van der Waals surface area (Å²) in [5.41, 5.74) is 0. The largest absolute Gasteiger partial charge is 0.394 e. The smallest absolute Gasteiger partial charge is 0.181 e. The van der Waals surface area contributed by atoms with Gasteiger partial charge in [-0.2, -0.15) is 0 Å². The van der Waals surface area contributed by atoms with Crippen LogP contribution in [0.15, 0.2) is 0 Å². The van der Waals surface area contributed by atoms with E-state index in [4.69, 9.17) is 15.3 Å². The zero-order chi connectivity index (χ0) is 8.85. The molecule has 11 heavy (non-hydrogen) atoms. The van der Waals surface area contributed by atoms with Crippen LogP contribution in [0.4, 0.5) is 0 Å². The first-order valence-corrected chi connectivity index (χ1v) is 3.86. The number of hydrogen-bond acceptors (Lipinski definition) is 4. The van der Waals surface area contributed by atoms with Gasteiger partial charge in [-0.1, -0.05) is 13.8 Å². The molecule has 0 aliphatic carbocycles. The van der Waals surface area contributed by atoms with Crippen LogP contribution < -0.4 is 0 Å². The maximum absolute atomic E-state index is 8.81. The molecule has 0 aromatic carbocycles. The van der Waals surface area contributed by atoms with Gasteiger partial charge in [0, 0.05) is 6.42 Å². The summed E-state index contributed by atoms with van der Waals surface area (Å²) in [7, 11) is 0. The number of rotatable bonds is 1. The third kappa shape index (κ3) is 3.16. The first-order chi connectivity index (χ1) is 5.24. The molecule has 1 aliphatic heterocycles. The summed E-state index contributed by atoms with van der Waals surface area (Å²) < 4.78 is 4.68. The highest BCUT2D eigenvalue weighted by Crippen LogP contribution is 2.17. The van der Waals surface area contributed by atoms with E-state index < -0.39 is 18.5 Å². The quantitative estimate of drug-likeness (QED) is 0.487. The van der Waals surface area contributed by atoms with E-state index >= 15 is 0 Å². The fraction of sp³-hybridized carbons (Fsp3) is 1.00. The highest BCUT2D eigenvalue weighted by molar-refractivity contribution is 4.74. The van der Waals surface area contributed by atoms with Gasteiger partial charge in [0.05, 0.1) is 12.7 Å². The Kier molecular flexibility index (Phi) is 5.41. The lowest BCUT2D eigenvalue weighted by Gasteiger charge is -2.04. The predicted molar refractivity (Wildman–Crippen MR) is 39.9 cm³/mol. The van der Waals surface area contributed by atoms with Crippen molar-refractivity contribution in [3.63, 3.8) is 0 Å². The summed E-state index contributed by atoms with van der Waals surface area (Å²) in [6.07, 6.45) is -2.02. The first-order valence-electron chi connectivity index (χ1n) is 3.86. The van der Waals surface area contributed by atoms with Gasteiger partial charge in [0.25, 0.3) is 0 Å². The molecule has 0 bridgehead atoms. The number of aliphatic hydroxyl groups is 3. The van der Waals surface area contributed by atoms with Crippen LogP contribution in [0.25, 0.3) is 0 Å². The molecule has 3 N–H and O–H groups in total. The lowest BCUT2D eigenvalue weighted by molar-refractivity contribution is -0.132. The van der Waals surface area contributed by atoms with Crippen LogP contribution in [0, 0.1) is 0 Å². The van der Waals surface area contributed by atoms with E-state index in [1.807, 2.05) is 13.8 Å². The average Bonchev–Trinajstić information content (AvgIpc) is 2.36. The van der Waals surface area contributed by atoms with E-state index in [9.17, 15) is 0 Å². The summed E-state index contributed by atoms with van der Waals surface area (Å²) in [5, 5.41) is 26.0. The van der Waals surface area contributed by atoms with E-state index in [2.05, 4.69) is 4.74 Å². The van der Waals surface area contributed by atoms with Gasteiger partial charge in [0.2, 0.25) is 0 Å². The molecule has 0 radical (unpaired) electrons. The molecule has 3 atom stereocenters. The molecule has 0 aromatic rings. The highest BCUT2D eigenvalue weighted by atomic mass is 16.6. The zero-order valence-corrected chi connectivity index (χ0v) is 6.90. The minimum Gasteiger partial charge on any atom is -0.394 e. The molecule has 1 fully saturated rings. The van der Waals surface area contributed by atoms with Crippen LogP contribution in [-0.4, -0.2) is 40.4 Å². The Labute approximate surface area is 66.4 Å². The predicted octanol–water partition coefficient (Wildman–Crippen LogP) is -0.527. The molecule has 68 valence electrons. The van der Waals surface area contributed by atoms with Crippen molar-refractivity contribution >= 4 is 0 Å². The van der Waals surface area contributed by atoms with Gasteiger partial charge in [0.1, 0.15) is 6.10 Å². The molecule has 1 heterocycles. The van der Waals surface area contributed by atoms with Crippen molar-refractivity contribution in [2.45, 2.75) is 38.8 Å². The van der Waals surface area contributed by atoms with Crippen LogP contribution in [0.3, 0.4) is 0 Å². The lowest BCUT2D eigenvalue weighted by Crippen LogP contribution is -2.19. The minimum atomic E-state index is -1.11. The van der Waals surface area contributed by atoms with Crippen molar-refractivity contribution in [3.8, 4) is 0 Å². The van der Waals surface area contributed by atoms with Crippen LogP contribution in [0.5, 0.6) is 0 Å². The number of aliphatic hydroxyl groups excluding tert-OH is 3. The summed E-state index contributed by atoms with van der Waals surface area (Å²) in [6, 6.07) is 0. The molecule has 3 unspecified atom stereocenters. The summed E-state index contributed by atoms with van der Waals surface area (Å²) >= 11 is 0. The molecule has 1 aliphatic rings. The second kappa shape index (κ2) is 5.49. The Morgan fingerprint density at radius 3 is 2.09 bits per heavy atom. The second-order valence-electron chi connectivity index (χ2n) is 2.13. The standard InChI is InChI=1S/C5H10O4.C2H6/c6-2-3-1-4(7)5(8)9-3;1-2/h3-8H,1-2H2;1-2H3. The molecule has 4 heteroatoms. The Balaban J connectivity index is 0.000000461. The van der Waals surface area contributed by atoms with Crippen LogP contribution >= 0.6 is 0 Å². The monoisotopic (exact) mass is 164 g/mol. The molecular formula is C7H16O4. The van der Waals surface area contributed by atoms with Gasteiger partial charge < -0.3 is 20.1 Å². The van der Waals surface area contributed by atoms with Crippen molar-refractivity contribution in [1.82, 2.24) is 0 Å².